The SMILES string of the molecule is CCc1ccc(C(=O)N[C@@H]2CNC[C@H]2COC(=O)N(C)CC2CCCCC2)cc1OCCCOC. The number of benzene rings is 1. The standard InChI is InChI=1S/C27H43N3O5/c1-4-21-11-12-22(15-25(21)34-14-8-13-33-3)26(31)29-24-17-28-16-23(24)19-35-27(32)30(2)18-20-9-6-5-7-10-20/h11-12,15,20,23-24,28H,4-10,13-14,16-19H2,1-3H3,(H,29,31)/t23-,24+/m0/s1. The van der Waals surface area contributed by atoms with Gasteiger partial charge in [0.05, 0.1) is 13.2 Å². The van der Waals surface area contributed by atoms with E-state index in [1.165, 1.54) is 32.1 Å². The van der Waals surface area contributed by atoms with Gasteiger partial charge in [-0.15, -0.1) is 0 Å². The number of aryl methyl sites for hydroxylation is 1. The number of ether oxygens (including phenoxy) is 3. The van der Waals surface area contributed by atoms with E-state index >= 15 is 0 Å². The molecular formula is C27H43N3O5. The lowest BCUT2D eigenvalue weighted by molar-refractivity contribution is 0.0821. The number of rotatable bonds is 12. The molecule has 1 aliphatic heterocycles. The van der Waals surface area contributed by atoms with Gasteiger partial charge in [0.15, 0.2) is 0 Å². The summed E-state index contributed by atoms with van der Waals surface area (Å²) in [6.07, 6.45) is 7.54. The second-order valence-electron chi connectivity index (χ2n) is 9.83. The fourth-order valence-electron chi connectivity index (χ4n) is 4.96. The first-order chi connectivity index (χ1) is 17.0. The molecule has 2 fully saturated rings. The van der Waals surface area contributed by atoms with E-state index in [1.807, 2.05) is 25.2 Å². The topological polar surface area (TPSA) is 89.1 Å². The van der Waals surface area contributed by atoms with Gasteiger partial charge in [-0.2, -0.15) is 0 Å². The Balaban J connectivity index is 1.49. The Kier molecular flexibility index (Phi) is 11.1. The summed E-state index contributed by atoms with van der Waals surface area (Å²) < 4.78 is 16.6. The molecule has 0 unspecified atom stereocenters. The van der Waals surface area contributed by atoms with Gasteiger partial charge in [-0.25, -0.2) is 4.79 Å². The van der Waals surface area contributed by atoms with Crippen molar-refractivity contribution in [2.75, 3.05) is 53.6 Å². The van der Waals surface area contributed by atoms with Gasteiger partial charge < -0.3 is 29.7 Å². The van der Waals surface area contributed by atoms with Crippen LogP contribution in [0.5, 0.6) is 5.75 Å². The minimum atomic E-state index is -0.280. The van der Waals surface area contributed by atoms with Crippen LogP contribution in [0.25, 0.3) is 0 Å². The van der Waals surface area contributed by atoms with Gasteiger partial charge >= 0.3 is 6.09 Å². The van der Waals surface area contributed by atoms with Crippen molar-refractivity contribution >= 4 is 12.0 Å². The molecule has 35 heavy (non-hydrogen) atoms. The quantitative estimate of drug-likeness (QED) is 0.436. The summed E-state index contributed by atoms with van der Waals surface area (Å²) in [5.41, 5.74) is 1.64. The normalized spacial score (nSPS) is 20.4. The number of methoxy groups -OCH3 is 1. The molecule has 2 N–H and O–H groups in total. The zero-order valence-electron chi connectivity index (χ0n) is 21.6. The summed E-state index contributed by atoms with van der Waals surface area (Å²) in [4.78, 5) is 27.2. The largest absolute Gasteiger partial charge is 0.493 e. The number of nitrogens with one attached hydrogen (secondary N) is 2. The van der Waals surface area contributed by atoms with Crippen LogP contribution in [0.2, 0.25) is 0 Å². The van der Waals surface area contributed by atoms with Gasteiger partial charge in [-0.3, -0.25) is 4.79 Å². The van der Waals surface area contributed by atoms with Crippen molar-refractivity contribution < 1.29 is 23.8 Å². The molecule has 1 heterocycles. The molecule has 1 saturated carbocycles. The summed E-state index contributed by atoms with van der Waals surface area (Å²) in [6, 6.07) is 5.51. The third kappa shape index (κ3) is 8.39. The predicted molar refractivity (Wildman–Crippen MR) is 136 cm³/mol. The zero-order valence-corrected chi connectivity index (χ0v) is 21.6. The summed E-state index contributed by atoms with van der Waals surface area (Å²) in [7, 11) is 3.49. The first-order valence-electron chi connectivity index (χ1n) is 13.2. The van der Waals surface area contributed by atoms with Crippen LogP contribution in [0.4, 0.5) is 4.79 Å². The monoisotopic (exact) mass is 489 g/mol. The molecular weight excluding hydrogens is 446 g/mol. The zero-order chi connectivity index (χ0) is 25.0. The molecule has 0 aromatic heterocycles. The minimum Gasteiger partial charge on any atom is -0.493 e. The van der Waals surface area contributed by atoms with Gasteiger partial charge in [0.2, 0.25) is 0 Å². The lowest BCUT2D eigenvalue weighted by Gasteiger charge is -2.27. The molecule has 2 aliphatic rings. The second kappa shape index (κ2) is 14.3. The van der Waals surface area contributed by atoms with Crippen LogP contribution < -0.4 is 15.4 Å². The molecule has 1 aromatic rings. The van der Waals surface area contributed by atoms with Crippen molar-refractivity contribution in [1.82, 2.24) is 15.5 Å². The van der Waals surface area contributed by atoms with Crippen molar-refractivity contribution in [1.29, 1.82) is 0 Å². The lowest BCUT2D eigenvalue weighted by atomic mass is 9.89. The average Bonchev–Trinajstić information content (AvgIpc) is 3.32. The summed E-state index contributed by atoms with van der Waals surface area (Å²) in [5, 5.41) is 6.43. The Bertz CT molecular complexity index is 812. The average molecular weight is 490 g/mol. The Hall–Kier alpha value is -2.32. The number of carbonyl (C=O) groups is 2. The molecule has 3 rings (SSSR count). The molecule has 1 saturated heterocycles. The highest BCUT2D eigenvalue weighted by atomic mass is 16.6. The van der Waals surface area contributed by atoms with E-state index in [-0.39, 0.29) is 30.6 Å². The van der Waals surface area contributed by atoms with Crippen molar-refractivity contribution in [2.24, 2.45) is 11.8 Å². The number of hydrogen-bond donors (Lipinski definition) is 2. The van der Waals surface area contributed by atoms with E-state index < -0.39 is 0 Å². The summed E-state index contributed by atoms with van der Waals surface area (Å²) in [6.45, 7) is 5.64. The highest BCUT2D eigenvalue weighted by Crippen LogP contribution is 2.25. The summed E-state index contributed by atoms with van der Waals surface area (Å²) >= 11 is 0. The van der Waals surface area contributed by atoms with Crippen molar-refractivity contribution in [3.8, 4) is 5.75 Å². The molecule has 8 heteroatoms. The van der Waals surface area contributed by atoms with Crippen molar-refractivity contribution in [3.05, 3.63) is 29.3 Å². The molecule has 0 spiro atoms. The van der Waals surface area contributed by atoms with Crippen LogP contribution in [0.15, 0.2) is 18.2 Å². The molecule has 2 atom stereocenters. The van der Waals surface area contributed by atoms with Crippen LogP contribution >= 0.6 is 0 Å². The van der Waals surface area contributed by atoms with Crippen LogP contribution in [0.3, 0.4) is 0 Å². The maximum atomic E-state index is 13.0. The van der Waals surface area contributed by atoms with E-state index in [0.29, 0.717) is 37.8 Å². The van der Waals surface area contributed by atoms with E-state index in [4.69, 9.17) is 14.2 Å². The van der Waals surface area contributed by atoms with Gasteiger partial charge in [-0.05, 0) is 42.9 Å². The van der Waals surface area contributed by atoms with E-state index in [0.717, 1.165) is 30.7 Å². The lowest BCUT2D eigenvalue weighted by Crippen LogP contribution is -2.42. The van der Waals surface area contributed by atoms with E-state index in [9.17, 15) is 9.59 Å². The number of nitrogens with zero attached hydrogens (tertiary/aromatic N) is 1. The Morgan fingerprint density at radius 3 is 2.69 bits per heavy atom. The Labute approximate surface area is 210 Å². The fraction of sp³-hybridized carbons (Fsp3) is 0.704. The molecule has 0 radical (unpaired) electrons. The maximum Gasteiger partial charge on any atom is 0.409 e. The fourth-order valence-corrected chi connectivity index (χ4v) is 4.96. The maximum absolute atomic E-state index is 13.0. The first kappa shape index (κ1) is 27.3. The van der Waals surface area contributed by atoms with E-state index in [2.05, 4.69) is 17.6 Å². The molecule has 2 amide bonds. The third-order valence-electron chi connectivity index (χ3n) is 7.11. The van der Waals surface area contributed by atoms with Crippen LogP contribution in [-0.2, 0) is 15.9 Å². The highest BCUT2D eigenvalue weighted by molar-refractivity contribution is 5.95. The van der Waals surface area contributed by atoms with Crippen LogP contribution in [0.1, 0.15) is 61.4 Å². The minimum absolute atomic E-state index is 0.0330. The molecule has 8 nitrogen and oxygen atoms in total. The molecule has 1 aromatic carbocycles. The van der Waals surface area contributed by atoms with Crippen molar-refractivity contribution in [2.45, 2.75) is 57.9 Å². The van der Waals surface area contributed by atoms with Gasteiger partial charge in [0.25, 0.3) is 5.91 Å². The molecule has 1 aliphatic carbocycles. The third-order valence-corrected chi connectivity index (χ3v) is 7.11. The summed E-state index contributed by atoms with van der Waals surface area (Å²) in [5.74, 6) is 1.21. The molecule has 196 valence electrons. The van der Waals surface area contributed by atoms with Gasteiger partial charge in [0.1, 0.15) is 5.75 Å². The number of hydrogen-bond acceptors (Lipinski definition) is 6. The Morgan fingerprint density at radius 2 is 1.94 bits per heavy atom. The first-order valence-corrected chi connectivity index (χ1v) is 13.2. The van der Waals surface area contributed by atoms with Crippen LogP contribution in [0, 0.1) is 11.8 Å². The predicted octanol–water partition coefficient (Wildman–Crippen LogP) is 3.63. The Morgan fingerprint density at radius 1 is 1.14 bits per heavy atom. The van der Waals surface area contributed by atoms with Crippen molar-refractivity contribution in [3.63, 3.8) is 0 Å². The second-order valence-corrected chi connectivity index (χ2v) is 9.83. The number of carbonyl (C=O) groups excluding carboxylic acids is 2. The van der Waals surface area contributed by atoms with Crippen LogP contribution in [-0.4, -0.2) is 76.6 Å². The van der Waals surface area contributed by atoms with Gasteiger partial charge in [-0.1, -0.05) is 32.3 Å². The highest BCUT2D eigenvalue weighted by Gasteiger charge is 2.30. The van der Waals surface area contributed by atoms with Gasteiger partial charge in [0, 0.05) is 64.3 Å². The smallest absolute Gasteiger partial charge is 0.409 e. The van der Waals surface area contributed by atoms with E-state index in [1.54, 1.807) is 12.0 Å². The number of amides is 2. The molecule has 0 bridgehead atoms.